The number of hydrogen-bond acceptors (Lipinski definition) is 3. The summed E-state index contributed by atoms with van der Waals surface area (Å²) in [5.74, 6) is 0.934. The van der Waals surface area contributed by atoms with E-state index in [4.69, 9.17) is 15.2 Å². The van der Waals surface area contributed by atoms with Crippen LogP contribution in [0.4, 0.5) is 4.39 Å². The van der Waals surface area contributed by atoms with Crippen molar-refractivity contribution in [1.29, 1.82) is 0 Å². The van der Waals surface area contributed by atoms with E-state index in [0.717, 1.165) is 25.7 Å². The van der Waals surface area contributed by atoms with Crippen LogP contribution in [-0.2, 0) is 5.41 Å². The molecule has 0 saturated heterocycles. The number of hydrogen-bond donors (Lipinski definition) is 1. The minimum Gasteiger partial charge on any atom is -0.486 e. The Balaban J connectivity index is 2.17. The van der Waals surface area contributed by atoms with Crippen LogP contribution in [0.15, 0.2) is 10.5 Å². The highest BCUT2D eigenvalue weighted by Gasteiger charge is 2.40. The van der Waals surface area contributed by atoms with Crippen molar-refractivity contribution in [2.75, 3.05) is 19.8 Å². The van der Waals surface area contributed by atoms with Gasteiger partial charge in [0.15, 0.2) is 11.5 Å². The lowest BCUT2D eigenvalue weighted by Crippen LogP contribution is -2.39. The van der Waals surface area contributed by atoms with E-state index in [1.807, 2.05) is 0 Å². The second kappa shape index (κ2) is 5.53. The molecule has 0 spiro atoms. The third-order valence-electron chi connectivity index (χ3n) is 4.46. The molecule has 1 aliphatic heterocycles. The van der Waals surface area contributed by atoms with E-state index >= 15 is 0 Å². The van der Waals surface area contributed by atoms with Crippen molar-refractivity contribution < 1.29 is 13.9 Å². The van der Waals surface area contributed by atoms with Crippen LogP contribution in [0, 0.1) is 5.82 Å². The Morgan fingerprint density at radius 3 is 2.60 bits per heavy atom. The molecule has 5 heteroatoms. The van der Waals surface area contributed by atoms with Crippen LogP contribution in [0.3, 0.4) is 0 Å². The van der Waals surface area contributed by atoms with Crippen molar-refractivity contribution in [3.05, 3.63) is 21.9 Å². The van der Waals surface area contributed by atoms with Crippen LogP contribution < -0.4 is 15.2 Å². The van der Waals surface area contributed by atoms with Crippen molar-refractivity contribution in [2.24, 2.45) is 5.73 Å². The molecule has 1 aliphatic carbocycles. The van der Waals surface area contributed by atoms with Crippen molar-refractivity contribution in [1.82, 2.24) is 0 Å². The first-order valence-corrected chi connectivity index (χ1v) is 7.95. The molecular formula is C15H19BrFNO2. The Labute approximate surface area is 126 Å². The maximum Gasteiger partial charge on any atom is 0.168 e. The third kappa shape index (κ3) is 2.21. The van der Waals surface area contributed by atoms with Gasteiger partial charge in [0.1, 0.15) is 19.0 Å². The molecular weight excluding hydrogens is 325 g/mol. The van der Waals surface area contributed by atoms with Gasteiger partial charge in [0.2, 0.25) is 0 Å². The van der Waals surface area contributed by atoms with E-state index < -0.39 is 0 Å². The van der Waals surface area contributed by atoms with Gasteiger partial charge in [-0.25, -0.2) is 4.39 Å². The summed E-state index contributed by atoms with van der Waals surface area (Å²) in [6, 6.07) is 1.65. The van der Waals surface area contributed by atoms with Gasteiger partial charge >= 0.3 is 0 Å². The number of ether oxygens (including phenoxy) is 2. The topological polar surface area (TPSA) is 44.5 Å². The minimum absolute atomic E-state index is 0.249. The lowest BCUT2D eigenvalue weighted by atomic mass is 9.69. The van der Waals surface area contributed by atoms with E-state index in [-0.39, 0.29) is 11.2 Å². The molecule has 0 radical (unpaired) electrons. The fourth-order valence-electron chi connectivity index (χ4n) is 3.39. The Bertz CT molecular complexity index is 515. The second-order valence-corrected chi connectivity index (χ2v) is 6.47. The normalized spacial score (nSPS) is 20.8. The number of fused-ring (bicyclic) bond motifs is 1. The van der Waals surface area contributed by atoms with E-state index in [1.165, 1.54) is 6.42 Å². The molecule has 0 unspecified atom stereocenters. The van der Waals surface area contributed by atoms with Gasteiger partial charge < -0.3 is 15.2 Å². The van der Waals surface area contributed by atoms with Crippen LogP contribution in [0.5, 0.6) is 11.5 Å². The molecule has 1 heterocycles. The zero-order valence-corrected chi connectivity index (χ0v) is 13.0. The van der Waals surface area contributed by atoms with E-state index in [9.17, 15) is 4.39 Å². The molecule has 1 aromatic rings. The predicted octanol–water partition coefficient (Wildman–Crippen LogP) is 3.52. The smallest absolute Gasteiger partial charge is 0.168 e. The van der Waals surface area contributed by atoms with Gasteiger partial charge in [-0.05, 0) is 28.8 Å². The summed E-state index contributed by atoms with van der Waals surface area (Å²) in [4.78, 5) is 0. The van der Waals surface area contributed by atoms with Gasteiger partial charge in [0.05, 0.1) is 4.47 Å². The maximum atomic E-state index is 14.8. The standard InChI is InChI=1S/C15H19BrFNO2/c16-10-8-11-14(20-7-6-19-11)12(13(10)17)15(9-18)4-2-1-3-5-15/h8H,1-7,9,18H2. The molecule has 0 amide bonds. The van der Waals surface area contributed by atoms with Crippen LogP contribution in [0.2, 0.25) is 0 Å². The van der Waals surface area contributed by atoms with Crippen LogP contribution in [-0.4, -0.2) is 19.8 Å². The lowest BCUT2D eigenvalue weighted by Gasteiger charge is -2.39. The largest absolute Gasteiger partial charge is 0.486 e. The molecule has 0 bridgehead atoms. The fraction of sp³-hybridized carbons (Fsp3) is 0.600. The highest BCUT2D eigenvalue weighted by atomic mass is 79.9. The summed E-state index contributed by atoms with van der Waals surface area (Å²) in [6.07, 6.45) is 5.17. The molecule has 3 nitrogen and oxygen atoms in total. The fourth-order valence-corrected chi connectivity index (χ4v) is 3.80. The number of benzene rings is 1. The molecule has 0 aromatic heterocycles. The Hall–Kier alpha value is -0.810. The monoisotopic (exact) mass is 343 g/mol. The zero-order valence-electron chi connectivity index (χ0n) is 11.4. The van der Waals surface area contributed by atoms with E-state index in [0.29, 0.717) is 41.3 Å². The minimum atomic E-state index is -0.323. The Kier molecular flexibility index (Phi) is 3.91. The summed E-state index contributed by atoms with van der Waals surface area (Å²) in [7, 11) is 0. The van der Waals surface area contributed by atoms with Gasteiger partial charge in [-0.2, -0.15) is 0 Å². The molecule has 1 saturated carbocycles. The second-order valence-electron chi connectivity index (χ2n) is 5.62. The van der Waals surface area contributed by atoms with Crippen LogP contribution in [0.25, 0.3) is 0 Å². The maximum absolute atomic E-state index is 14.8. The van der Waals surface area contributed by atoms with Gasteiger partial charge in [0.25, 0.3) is 0 Å². The third-order valence-corrected chi connectivity index (χ3v) is 5.03. The van der Waals surface area contributed by atoms with Crippen LogP contribution in [0.1, 0.15) is 37.7 Å². The zero-order chi connectivity index (χ0) is 14.2. The van der Waals surface area contributed by atoms with Crippen molar-refractivity contribution in [3.63, 3.8) is 0 Å². The molecule has 3 rings (SSSR count). The van der Waals surface area contributed by atoms with Gasteiger partial charge in [-0.3, -0.25) is 0 Å². The molecule has 1 aromatic carbocycles. The molecule has 110 valence electrons. The summed E-state index contributed by atoms with van der Waals surface area (Å²) >= 11 is 3.29. The summed E-state index contributed by atoms with van der Waals surface area (Å²) in [5.41, 5.74) is 6.34. The molecule has 2 aliphatic rings. The summed E-state index contributed by atoms with van der Waals surface area (Å²) in [6.45, 7) is 1.40. The van der Waals surface area contributed by atoms with Crippen LogP contribution >= 0.6 is 15.9 Å². The Morgan fingerprint density at radius 1 is 1.20 bits per heavy atom. The number of nitrogens with two attached hydrogens (primary N) is 1. The van der Waals surface area contributed by atoms with Gasteiger partial charge in [-0.15, -0.1) is 0 Å². The SMILES string of the molecule is NCC1(c2c(F)c(Br)cc3c2OCCO3)CCCCC1. The number of rotatable bonds is 2. The summed E-state index contributed by atoms with van der Waals surface area (Å²) < 4.78 is 26.5. The van der Waals surface area contributed by atoms with Crippen molar-refractivity contribution >= 4 is 15.9 Å². The summed E-state index contributed by atoms with van der Waals surface area (Å²) in [5, 5.41) is 0. The van der Waals surface area contributed by atoms with E-state index in [2.05, 4.69) is 15.9 Å². The predicted molar refractivity (Wildman–Crippen MR) is 78.9 cm³/mol. The first kappa shape index (κ1) is 14.1. The number of halogens is 2. The average molecular weight is 344 g/mol. The molecule has 20 heavy (non-hydrogen) atoms. The average Bonchev–Trinajstić information content (AvgIpc) is 2.49. The molecule has 2 N–H and O–H groups in total. The quantitative estimate of drug-likeness (QED) is 0.893. The molecule has 1 fully saturated rings. The van der Waals surface area contributed by atoms with E-state index in [1.54, 1.807) is 6.07 Å². The first-order chi connectivity index (χ1) is 9.68. The van der Waals surface area contributed by atoms with Crippen molar-refractivity contribution in [2.45, 2.75) is 37.5 Å². The molecule has 0 atom stereocenters. The van der Waals surface area contributed by atoms with Gasteiger partial charge in [0, 0.05) is 23.6 Å². The highest BCUT2D eigenvalue weighted by Crippen LogP contribution is 2.49. The Morgan fingerprint density at radius 2 is 1.90 bits per heavy atom. The van der Waals surface area contributed by atoms with Crippen molar-refractivity contribution in [3.8, 4) is 11.5 Å². The highest BCUT2D eigenvalue weighted by molar-refractivity contribution is 9.10. The van der Waals surface area contributed by atoms with Gasteiger partial charge in [-0.1, -0.05) is 19.3 Å². The lowest BCUT2D eigenvalue weighted by molar-refractivity contribution is 0.161. The first-order valence-electron chi connectivity index (χ1n) is 7.16.